The highest BCUT2D eigenvalue weighted by Crippen LogP contribution is 1.99. The second kappa shape index (κ2) is 5.23. The van der Waals surface area contributed by atoms with Gasteiger partial charge in [-0.25, -0.2) is 0 Å². The highest BCUT2D eigenvalue weighted by Gasteiger charge is 1.99. The molecule has 0 spiro atoms. The van der Waals surface area contributed by atoms with E-state index >= 15 is 0 Å². The number of hydrogen-bond acceptors (Lipinski definition) is 3. The van der Waals surface area contributed by atoms with E-state index in [4.69, 9.17) is 5.11 Å². The smallest absolute Gasteiger partial charge is 0.302 e. The molecule has 0 saturated heterocycles. The van der Waals surface area contributed by atoms with Gasteiger partial charge < -0.3 is 9.84 Å². The Morgan fingerprint density at radius 1 is 1.70 bits per heavy atom. The van der Waals surface area contributed by atoms with Crippen molar-refractivity contribution in [1.29, 1.82) is 0 Å². The Morgan fingerprint density at radius 3 is 2.70 bits per heavy atom. The van der Waals surface area contributed by atoms with E-state index in [1.807, 2.05) is 6.92 Å². The molecule has 10 heavy (non-hydrogen) atoms. The van der Waals surface area contributed by atoms with Crippen molar-refractivity contribution in [2.45, 2.75) is 20.3 Å². The normalized spacial score (nSPS) is 12.7. The van der Waals surface area contributed by atoms with E-state index in [0.717, 1.165) is 6.42 Å². The van der Waals surface area contributed by atoms with Gasteiger partial charge in [-0.1, -0.05) is 6.92 Å². The van der Waals surface area contributed by atoms with Crippen LogP contribution in [0.25, 0.3) is 0 Å². The standard InChI is InChI=1S/C7H14O3/c1-6(5-8)3-4-10-7(2)9/h6,8H,3-5H2,1-2H3. The zero-order valence-electron chi connectivity index (χ0n) is 6.46. The fourth-order valence-electron chi connectivity index (χ4n) is 0.495. The molecule has 0 heterocycles. The molecule has 0 amide bonds. The number of esters is 1. The molecular weight excluding hydrogens is 132 g/mol. The molecule has 0 aromatic carbocycles. The average Bonchev–Trinajstić information content (AvgIpc) is 1.87. The van der Waals surface area contributed by atoms with Gasteiger partial charge in [-0.2, -0.15) is 0 Å². The number of carbonyl (C=O) groups is 1. The van der Waals surface area contributed by atoms with E-state index in [-0.39, 0.29) is 18.5 Å². The summed E-state index contributed by atoms with van der Waals surface area (Å²) in [6, 6.07) is 0. The maximum absolute atomic E-state index is 10.2. The fraction of sp³-hybridized carbons (Fsp3) is 0.857. The third-order valence-corrected chi connectivity index (χ3v) is 1.23. The van der Waals surface area contributed by atoms with E-state index in [1.54, 1.807) is 0 Å². The molecular formula is C7H14O3. The first kappa shape index (κ1) is 9.43. The van der Waals surface area contributed by atoms with Crippen LogP contribution < -0.4 is 0 Å². The first-order valence-electron chi connectivity index (χ1n) is 3.41. The largest absolute Gasteiger partial charge is 0.466 e. The highest BCUT2D eigenvalue weighted by molar-refractivity contribution is 5.65. The minimum Gasteiger partial charge on any atom is -0.466 e. The van der Waals surface area contributed by atoms with Crippen molar-refractivity contribution in [2.24, 2.45) is 5.92 Å². The van der Waals surface area contributed by atoms with Gasteiger partial charge in [0.15, 0.2) is 0 Å². The van der Waals surface area contributed by atoms with E-state index < -0.39 is 0 Å². The summed E-state index contributed by atoms with van der Waals surface area (Å²) in [6.45, 7) is 3.85. The van der Waals surface area contributed by atoms with Gasteiger partial charge in [-0.3, -0.25) is 4.79 Å². The molecule has 0 aliphatic carbocycles. The predicted octanol–water partition coefficient (Wildman–Crippen LogP) is 0.568. The monoisotopic (exact) mass is 146 g/mol. The molecule has 0 saturated carbocycles. The van der Waals surface area contributed by atoms with Crippen LogP contribution in [0.5, 0.6) is 0 Å². The summed E-state index contributed by atoms with van der Waals surface area (Å²) in [6.07, 6.45) is 0.732. The zero-order chi connectivity index (χ0) is 7.98. The molecule has 0 aromatic heterocycles. The van der Waals surface area contributed by atoms with Crippen LogP contribution in [0.1, 0.15) is 20.3 Å². The highest BCUT2D eigenvalue weighted by atomic mass is 16.5. The lowest BCUT2D eigenvalue weighted by molar-refractivity contribution is -0.141. The second-order valence-corrected chi connectivity index (χ2v) is 2.42. The van der Waals surface area contributed by atoms with Crippen LogP contribution in [0.3, 0.4) is 0 Å². The molecule has 1 unspecified atom stereocenters. The molecule has 0 bridgehead atoms. The van der Waals surface area contributed by atoms with Gasteiger partial charge in [-0.15, -0.1) is 0 Å². The minimum absolute atomic E-state index is 0.154. The Bertz CT molecular complexity index is 101. The van der Waals surface area contributed by atoms with Gasteiger partial charge in [-0.05, 0) is 12.3 Å². The first-order valence-corrected chi connectivity index (χ1v) is 3.41. The number of aliphatic hydroxyl groups is 1. The number of rotatable bonds is 4. The molecule has 1 atom stereocenters. The number of carbonyl (C=O) groups excluding carboxylic acids is 1. The van der Waals surface area contributed by atoms with Crippen LogP contribution in [0.2, 0.25) is 0 Å². The van der Waals surface area contributed by atoms with Crippen LogP contribution >= 0.6 is 0 Å². The van der Waals surface area contributed by atoms with Crippen molar-refractivity contribution >= 4 is 5.97 Å². The molecule has 3 nitrogen and oxygen atoms in total. The number of hydrogen-bond donors (Lipinski definition) is 1. The topological polar surface area (TPSA) is 46.5 Å². The summed E-state index contributed by atoms with van der Waals surface area (Å²) in [5.41, 5.74) is 0. The summed E-state index contributed by atoms with van der Waals surface area (Å²) in [7, 11) is 0. The SMILES string of the molecule is CC(=O)OCCC(C)CO. The van der Waals surface area contributed by atoms with E-state index in [9.17, 15) is 4.79 Å². The average molecular weight is 146 g/mol. The molecule has 0 fully saturated rings. The Hall–Kier alpha value is -0.570. The Morgan fingerprint density at radius 2 is 2.30 bits per heavy atom. The number of ether oxygens (including phenoxy) is 1. The quantitative estimate of drug-likeness (QED) is 0.590. The zero-order valence-corrected chi connectivity index (χ0v) is 6.46. The van der Waals surface area contributed by atoms with Gasteiger partial charge in [0.2, 0.25) is 0 Å². The lowest BCUT2D eigenvalue weighted by atomic mass is 10.1. The summed E-state index contributed by atoms with van der Waals surface area (Å²) in [5.74, 6) is -0.0375. The van der Waals surface area contributed by atoms with Crippen molar-refractivity contribution in [3.8, 4) is 0 Å². The Balaban J connectivity index is 3.11. The Labute approximate surface area is 61.0 Å². The van der Waals surface area contributed by atoms with E-state index in [0.29, 0.717) is 6.61 Å². The summed E-state index contributed by atoms with van der Waals surface area (Å²) in [4.78, 5) is 10.2. The van der Waals surface area contributed by atoms with Crippen LogP contribution in [-0.4, -0.2) is 24.3 Å². The van der Waals surface area contributed by atoms with Crippen LogP contribution in [0.4, 0.5) is 0 Å². The molecule has 0 radical (unpaired) electrons. The third kappa shape index (κ3) is 5.56. The van der Waals surface area contributed by atoms with Crippen molar-refractivity contribution < 1.29 is 14.6 Å². The van der Waals surface area contributed by atoms with Crippen molar-refractivity contribution in [3.63, 3.8) is 0 Å². The van der Waals surface area contributed by atoms with Gasteiger partial charge >= 0.3 is 5.97 Å². The molecule has 0 rings (SSSR count). The van der Waals surface area contributed by atoms with Gasteiger partial charge in [0.25, 0.3) is 0 Å². The molecule has 1 N–H and O–H groups in total. The molecule has 0 aromatic rings. The number of aliphatic hydroxyl groups excluding tert-OH is 1. The van der Waals surface area contributed by atoms with Crippen LogP contribution in [0, 0.1) is 5.92 Å². The van der Waals surface area contributed by atoms with Crippen molar-refractivity contribution in [2.75, 3.05) is 13.2 Å². The summed E-state index contributed by atoms with van der Waals surface area (Å²) < 4.78 is 4.66. The molecule has 60 valence electrons. The summed E-state index contributed by atoms with van der Waals surface area (Å²) >= 11 is 0. The molecule has 3 heteroatoms. The van der Waals surface area contributed by atoms with E-state index in [1.165, 1.54) is 6.92 Å². The van der Waals surface area contributed by atoms with Crippen molar-refractivity contribution in [1.82, 2.24) is 0 Å². The van der Waals surface area contributed by atoms with Gasteiger partial charge in [0.05, 0.1) is 6.61 Å². The first-order chi connectivity index (χ1) is 4.66. The maximum atomic E-state index is 10.2. The second-order valence-electron chi connectivity index (χ2n) is 2.42. The van der Waals surface area contributed by atoms with Gasteiger partial charge in [0, 0.05) is 13.5 Å². The minimum atomic E-state index is -0.259. The lowest BCUT2D eigenvalue weighted by Crippen LogP contribution is -2.07. The Kier molecular flexibility index (Phi) is 4.94. The molecule has 0 aliphatic rings. The molecule has 0 aliphatic heterocycles. The third-order valence-electron chi connectivity index (χ3n) is 1.23. The summed E-state index contributed by atoms with van der Waals surface area (Å²) in [5, 5.41) is 8.56. The van der Waals surface area contributed by atoms with Gasteiger partial charge in [0.1, 0.15) is 0 Å². The van der Waals surface area contributed by atoms with Crippen LogP contribution in [0.15, 0.2) is 0 Å². The predicted molar refractivity (Wildman–Crippen MR) is 37.5 cm³/mol. The fourth-order valence-corrected chi connectivity index (χ4v) is 0.495. The van der Waals surface area contributed by atoms with Crippen molar-refractivity contribution in [3.05, 3.63) is 0 Å². The lowest BCUT2D eigenvalue weighted by Gasteiger charge is -2.06. The maximum Gasteiger partial charge on any atom is 0.302 e. The van der Waals surface area contributed by atoms with Crippen LogP contribution in [-0.2, 0) is 9.53 Å². The van der Waals surface area contributed by atoms with E-state index in [2.05, 4.69) is 4.74 Å².